The minimum Gasteiger partial charge on any atom is -0.362 e. The Balaban J connectivity index is 2.24. The molecule has 7 heteroatoms. The van der Waals surface area contributed by atoms with Crippen LogP contribution in [0.15, 0.2) is 29.4 Å². The molecule has 25 heavy (non-hydrogen) atoms. The second-order valence-electron chi connectivity index (χ2n) is 6.45. The summed E-state index contributed by atoms with van der Waals surface area (Å²) in [5, 5.41) is 14.2. The summed E-state index contributed by atoms with van der Waals surface area (Å²) in [6.07, 6.45) is -1.77. The number of hydrogen-bond acceptors (Lipinski definition) is 3. The van der Waals surface area contributed by atoms with Crippen LogP contribution in [0.2, 0.25) is 0 Å². The number of unbranched alkanes of at least 4 members (excludes halogenated alkanes) is 3. The third-order valence-electron chi connectivity index (χ3n) is 4.31. The van der Waals surface area contributed by atoms with Crippen LogP contribution in [0.5, 0.6) is 0 Å². The molecule has 1 aliphatic rings. The average Bonchev–Trinajstić information content (AvgIpc) is 2.89. The van der Waals surface area contributed by atoms with Crippen molar-refractivity contribution in [3.05, 3.63) is 35.4 Å². The van der Waals surface area contributed by atoms with Gasteiger partial charge in [-0.1, -0.05) is 43.9 Å². The number of benzene rings is 1. The first-order valence-corrected chi connectivity index (χ1v) is 8.45. The Kier molecular flexibility index (Phi) is 5.87. The molecule has 138 valence electrons. The van der Waals surface area contributed by atoms with Gasteiger partial charge in [0.2, 0.25) is 0 Å². The van der Waals surface area contributed by atoms with Crippen LogP contribution >= 0.6 is 0 Å². The van der Waals surface area contributed by atoms with Gasteiger partial charge in [-0.05, 0) is 31.9 Å². The maximum absolute atomic E-state index is 13.4. The predicted molar refractivity (Wildman–Crippen MR) is 89.2 cm³/mol. The molecular weight excluding hydrogens is 333 g/mol. The van der Waals surface area contributed by atoms with E-state index in [9.17, 15) is 23.1 Å². The van der Waals surface area contributed by atoms with Gasteiger partial charge in [0.25, 0.3) is 11.6 Å². The molecule has 1 aliphatic heterocycles. The maximum Gasteiger partial charge on any atom is 0.438 e. The number of amides is 1. The minimum absolute atomic E-state index is 0.0595. The quantitative estimate of drug-likeness (QED) is 0.767. The molecule has 0 radical (unpaired) electrons. The number of carbonyl (C=O) groups is 1. The fourth-order valence-electron chi connectivity index (χ4n) is 2.77. The van der Waals surface area contributed by atoms with Crippen molar-refractivity contribution in [1.29, 1.82) is 0 Å². The van der Waals surface area contributed by atoms with E-state index in [2.05, 4.69) is 5.10 Å². The van der Waals surface area contributed by atoms with Crippen molar-refractivity contribution in [1.82, 2.24) is 5.01 Å². The van der Waals surface area contributed by atoms with Gasteiger partial charge in [0, 0.05) is 17.7 Å². The van der Waals surface area contributed by atoms with E-state index >= 15 is 0 Å². The molecule has 1 aromatic rings. The highest BCUT2D eigenvalue weighted by Gasteiger charge is 2.63. The first kappa shape index (κ1) is 19.4. The monoisotopic (exact) mass is 356 g/mol. The van der Waals surface area contributed by atoms with Gasteiger partial charge in [0.05, 0.1) is 0 Å². The zero-order chi connectivity index (χ0) is 18.7. The number of halogens is 3. The van der Waals surface area contributed by atoms with E-state index in [4.69, 9.17) is 0 Å². The second-order valence-corrected chi connectivity index (χ2v) is 6.45. The molecule has 0 fully saturated rings. The molecule has 1 atom stereocenters. The molecule has 1 aromatic carbocycles. The predicted octanol–water partition coefficient (Wildman–Crippen LogP) is 4.42. The molecule has 0 aliphatic carbocycles. The number of aliphatic hydroxyl groups is 1. The number of nitrogens with zero attached hydrogens (tertiary/aromatic N) is 2. The summed E-state index contributed by atoms with van der Waals surface area (Å²) in [6.45, 7) is 3.85. The molecular formula is C18H23F3N2O2. The fourth-order valence-corrected chi connectivity index (χ4v) is 2.77. The molecule has 1 amide bonds. The summed E-state index contributed by atoms with van der Waals surface area (Å²) in [5.41, 5.74) is -2.14. The van der Waals surface area contributed by atoms with Gasteiger partial charge < -0.3 is 5.11 Å². The smallest absolute Gasteiger partial charge is 0.362 e. The van der Waals surface area contributed by atoms with Crippen molar-refractivity contribution < 1.29 is 23.1 Å². The van der Waals surface area contributed by atoms with Crippen molar-refractivity contribution in [2.45, 2.75) is 64.3 Å². The van der Waals surface area contributed by atoms with E-state index in [1.54, 1.807) is 12.1 Å². The molecule has 0 unspecified atom stereocenters. The van der Waals surface area contributed by atoms with Crippen LogP contribution in [-0.4, -0.2) is 33.6 Å². The molecule has 0 spiro atoms. The van der Waals surface area contributed by atoms with Crippen LogP contribution in [0.25, 0.3) is 0 Å². The van der Waals surface area contributed by atoms with Crippen molar-refractivity contribution in [3.63, 3.8) is 0 Å². The Morgan fingerprint density at radius 3 is 2.44 bits per heavy atom. The van der Waals surface area contributed by atoms with E-state index in [0.717, 1.165) is 24.8 Å². The van der Waals surface area contributed by atoms with Gasteiger partial charge in [0.15, 0.2) is 0 Å². The lowest BCUT2D eigenvalue weighted by molar-refractivity contribution is -0.297. The number of rotatable bonds is 6. The average molecular weight is 356 g/mol. The highest BCUT2D eigenvalue weighted by atomic mass is 19.4. The summed E-state index contributed by atoms with van der Waals surface area (Å²) in [5.74, 6) is -0.955. The fraction of sp³-hybridized carbons (Fsp3) is 0.556. The van der Waals surface area contributed by atoms with Crippen LogP contribution in [0.3, 0.4) is 0 Å². The van der Waals surface area contributed by atoms with Gasteiger partial charge in [-0.2, -0.15) is 23.3 Å². The Bertz CT molecular complexity index is 641. The third kappa shape index (κ3) is 4.21. The minimum atomic E-state index is -4.98. The lowest BCUT2D eigenvalue weighted by Crippen LogP contribution is -2.56. The van der Waals surface area contributed by atoms with Gasteiger partial charge in [-0.25, -0.2) is 0 Å². The number of carbonyl (C=O) groups excluding carboxylic acids is 1. The highest BCUT2D eigenvalue weighted by Crippen LogP contribution is 2.41. The first-order valence-electron chi connectivity index (χ1n) is 8.45. The van der Waals surface area contributed by atoms with Crippen molar-refractivity contribution in [3.8, 4) is 0 Å². The van der Waals surface area contributed by atoms with Crippen LogP contribution in [0.1, 0.15) is 61.4 Å². The van der Waals surface area contributed by atoms with Crippen LogP contribution in [0.4, 0.5) is 13.2 Å². The van der Waals surface area contributed by atoms with Crippen molar-refractivity contribution in [2.24, 2.45) is 5.10 Å². The Labute approximate surface area is 145 Å². The molecule has 4 nitrogen and oxygen atoms in total. The highest BCUT2D eigenvalue weighted by molar-refractivity contribution is 5.98. The summed E-state index contributed by atoms with van der Waals surface area (Å²) >= 11 is 0. The number of alkyl halides is 3. The van der Waals surface area contributed by atoms with Gasteiger partial charge in [0.1, 0.15) is 0 Å². The Morgan fingerprint density at radius 2 is 1.88 bits per heavy atom. The van der Waals surface area contributed by atoms with Gasteiger partial charge in [-0.3, -0.25) is 4.79 Å². The Morgan fingerprint density at radius 1 is 1.24 bits per heavy atom. The summed E-state index contributed by atoms with van der Waals surface area (Å²) in [7, 11) is 0. The Hall–Kier alpha value is -1.89. The van der Waals surface area contributed by atoms with Gasteiger partial charge >= 0.3 is 6.18 Å². The molecule has 0 aromatic heterocycles. The van der Waals surface area contributed by atoms with Crippen molar-refractivity contribution >= 4 is 11.6 Å². The van der Waals surface area contributed by atoms with E-state index in [1.165, 1.54) is 12.1 Å². The van der Waals surface area contributed by atoms with Crippen LogP contribution < -0.4 is 0 Å². The molecule has 2 rings (SSSR count). The summed E-state index contributed by atoms with van der Waals surface area (Å²) in [4.78, 5) is 12.5. The summed E-state index contributed by atoms with van der Waals surface area (Å²) in [6, 6.07) is 6.13. The topological polar surface area (TPSA) is 52.9 Å². The standard InChI is InChI=1S/C18H23F3N2O2/c1-3-4-5-6-7-15-12-17(25,18(19,20)21)23(22-15)16(24)14-10-8-13(2)9-11-14/h8-11,25H,3-7,12H2,1-2H3/t17-/m0/s1. The first-order chi connectivity index (χ1) is 11.7. The summed E-state index contributed by atoms with van der Waals surface area (Å²) < 4.78 is 40.3. The molecule has 0 bridgehead atoms. The number of hydrazone groups is 1. The number of aryl methyl sites for hydroxylation is 1. The lowest BCUT2D eigenvalue weighted by Gasteiger charge is -2.32. The SMILES string of the molecule is CCCCCCC1=NN(C(=O)c2ccc(C)cc2)[C@@](O)(C(F)(F)F)C1. The maximum atomic E-state index is 13.4. The van der Waals surface area contributed by atoms with E-state index in [-0.39, 0.29) is 16.3 Å². The molecule has 1 heterocycles. The largest absolute Gasteiger partial charge is 0.438 e. The van der Waals surface area contributed by atoms with Crippen LogP contribution in [0, 0.1) is 6.92 Å². The zero-order valence-corrected chi connectivity index (χ0v) is 14.4. The molecule has 0 saturated heterocycles. The second kappa shape index (κ2) is 7.56. The van der Waals surface area contributed by atoms with Gasteiger partial charge in [-0.15, -0.1) is 0 Å². The normalized spacial score (nSPS) is 20.7. The van der Waals surface area contributed by atoms with E-state index < -0.39 is 24.2 Å². The van der Waals surface area contributed by atoms with Crippen molar-refractivity contribution in [2.75, 3.05) is 0 Å². The molecule has 0 saturated carbocycles. The lowest BCUT2D eigenvalue weighted by atomic mass is 10.0. The number of hydrogen-bond donors (Lipinski definition) is 1. The van der Waals surface area contributed by atoms with Crippen LogP contribution in [-0.2, 0) is 0 Å². The third-order valence-corrected chi connectivity index (χ3v) is 4.31. The van der Waals surface area contributed by atoms with E-state index in [1.807, 2.05) is 13.8 Å². The zero-order valence-electron chi connectivity index (χ0n) is 14.4. The molecule has 1 N–H and O–H groups in total. The van der Waals surface area contributed by atoms with E-state index in [0.29, 0.717) is 12.8 Å².